The first-order chi connectivity index (χ1) is 13.9. The van der Waals surface area contributed by atoms with E-state index in [4.69, 9.17) is 28.9 Å². The second-order valence-electron chi connectivity index (χ2n) is 5.58. The third-order valence-corrected chi connectivity index (χ3v) is 3.75. The highest BCUT2D eigenvalue weighted by molar-refractivity contribution is 6.47. The fourth-order valence-electron chi connectivity index (χ4n) is 2.68. The number of carboxylic acid groups (broad SMARTS) is 1. The van der Waals surface area contributed by atoms with Crippen molar-refractivity contribution in [3.8, 4) is 5.75 Å². The van der Waals surface area contributed by atoms with Crippen LogP contribution in [0.1, 0.15) is 22.3 Å². The molecule has 0 radical (unpaired) electrons. The molecule has 3 rings (SSSR count). The topological polar surface area (TPSA) is 183 Å². The van der Waals surface area contributed by atoms with E-state index >= 15 is 0 Å². The lowest BCUT2D eigenvalue weighted by Gasteiger charge is -2.27. The standard InChI is InChI=1S/C14H14BN3O5.2CO2/c19-11(8-18-5-4-16-17-18)7-10-6-9-2-1-3-12(14(20)21)13(9)23-15(10)22;2*2-1-3/h1-5,10,22H,6-8H2,(H,20,21);;/t10-;;/m1../s1. The Hall–Kier alpha value is -3.92. The fraction of sp³-hybridized carbons (Fsp3) is 0.250. The minimum atomic E-state index is -1.22. The minimum Gasteiger partial charge on any atom is -0.535 e. The van der Waals surface area contributed by atoms with E-state index in [1.54, 1.807) is 18.3 Å². The monoisotopic (exact) mass is 403 g/mol. The van der Waals surface area contributed by atoms with Crippen molar-refractivity contribution in [2.24, 2.45) is 0 Å². The predicted molar refractivity (Wildman–Crippen MR) is 89.1 cm³/mol. The van der Waals surface area contributed by atoms with Gasteiger partial charge in [0.15, 0.2) is 5.78 Å². The van der Waals surface area contributed by atoms with Gasteiger partial charge in [0, 0.05) is 18.4 Å². The minimum absolute atomic E-state index is 0.00828. The Morgan fingerprint density at radius 2 is 1.90 bits per heavy atom. The van der Waals surface area contributed by atoms with Gasteiger partial charge in [-0.15, -0.1) is 5.10 Å². The molecule has 1 atom stereocenters. The first kappa shape index (κ1) is 23.1. The third-order valence-electron chi connectivity index (χ3n) is 3.75. The van der Waals surface area contributed by atoms with Gasteiger partial charge in [0.05, 0.1) is 11.8 Å². The lowest BCUT2D eigenvalue weighted by Crippen LogP contribution is -2.36. The van der Waals surface area contributed by atoms with Crippen LogP contribution in [0.2, 0.25) is 5.82 Å². The predicted octanol–water partition coefficient (Wildman–Crippen LogP) is -0.746. The van der Waals surface area contributed by atoms with Gasteiger partial charge in [-0.05, 0) is 18.1 Å². The number of hydrogen-bond acceptors (Lipinski definition) is 10. The number of Topliss-reactive ketones (excluding diaryl/α,β-unsaturated/α-hetero) is 1. The second-order valence-corrected chi connectivity index (χ2v) is 5.58. The first-order valence-electron chi connectivity index (χ1n) is 7.92. The smallest absolute Gasteiger partial charge is 0.526 e. The van der Waals surface area contributed by atoms with E-state index in [9.17, 15) is 14.6 Å². The summed E-state index contributed by atoms with van der Waals surface area (Å²) in [5.74, 6) is -1.48. The maximum absolute atomic E-state index is 12.1. The van der Waals surface area contributed by atoms with Crippen molar-refractivity contribution in [1.29, 1.82) is 0 Å². The van der Waals surface area contributed by atoms with Gasteiger partial charge in [0.1, 0.15) is 12.3 Å². The molecular formula is C16H14BN3O9. The van der Waals surface area contributed by atoms with Crippen molar-refractivity contribution in [2.75, 3.05) is 0 Å². The quantitative estimate of drug-likeness (QED) is 0.599. The number of ketones is 1. The molecule has 0 saturated carbocycles. The van der Waals surface area contributed by atoms with Crippen molar-refractivity contribution < 1.29 is 43.6 Å². The van der Waals surface area contributed by atoms with Crippen LogP contribution in [0.3, 0.4) is 0 Å². The van der Waals surface area contributed by atoms with Crippen LogP contribution in [0.15, 0.2) is 30.6 Å². The highest BCUT2D eigenvalue weighted by Crippen LogP contribution is 2.36. The number of aromatic nitrogens is 3. The number of carboxylic acids is 1. The van der Waals surface area contributed by atoms with E-state index in [1.807, 2.05) is 0 Å². The molecule has 0 bridgehead atoms. The van der Waals surface area contributed by atoms with E-state index < -0.39 is 18.9 Å². The van der Waals surface area contributed by atoms with Crippen molar-refractivity contribution >= 4 is 31.2 Å². The molecular weight excluding hydrogens is 389 g/mol. The molecule has 0 spiro atoms. The molecule has 0 amide bonds. The van der Waals surface area contributed by atoms with Gasteiger partial charge in [-0.25, -0.2) is 9.48 Å². The van der Waals surface area contributed by atoms with Crippen LogP contribution in [0.25, 0.3) is 0 Å². The second kappa shape index (κ2) is 11.7. The fourth-order valence-corrected chi connectivity index (χ4v) is 2.68. The van der Waals surface area contributed by atoms with Crippen LogP contribution in [-0.4, -0.2) is 56.3 Å². The summed E-state index contributed by atoms with van der Waals surface area (Å²) in [5.41, 5.74) is 0.683. The van der Waals surface area contributed by atoms with Gasteiger partial charge in [0.2, 0.25) is 0 Å². The molecule has 1 aromatic carbocycles. The lowest BCUT2D eigenvalue weighted by atomic mass is 9.64. The molecule has 2 aromatic rings. The maximum atomic E-state index is 12.1. The molecule has 1 aliphatic rings. The van der Waals surface area contributed by atoms with Crippen LogP contribution in [0.5, 0.6) is 5.75 Å². The summed E-state index contributed by atoms with van der Waals surface area (Å²) >= 11 is 0. The molecule has 0 aliphatic carbocycles. The average molecular weight is 403 g/mol. The molecule has 13 heteroatoms. The Morgan fingerprint density at radius 1 is 1.24 bits per heavy atom. The third kappa shape index (κ3) is 6.96. The summed E-state index contributed by atoms with van der Waals surface area (Å²) in [5, 5.41) is 26.6. The van der Waals surface area contributed by atoms with Gasteiger partial charge in [-0.1, -0.05) is 17.3 Å². The lowest BCUT2D eigenvalue weighted by molar-refractivity contribution is -0.193. The molecule has 1 aromatic heterocycles. The Balaban J connectivity index is 0.000000626. The molecule has 12 nitrogen and oxygen atoms in total. The van der Waals surface area contributed by atoms with Crippen molar-refractivity contribution in [3.05, 3.63) is 41.7 Å². The van der Waals surface area contributed by atoms with E-state index in [2.05, 4.69) is 10.3 Å². The summed E-state index contributed by atoms with van der Waals surface area (Å²) in [6, 6.07) is 4.78. The van der Waals surface area contributed by atoms with Crippen LogP contribution >= 0.6 is 0 Å². The molecule has 29 heavy (non-hydrogen) atoms. The molecule has 2 N–H and O–H groups in total. The van der Waals surface area contributed by atoms with Crippen molar-refractivity contribution in [3.63, 3.8) is 0 Å². The zero-order valence-corrected chi connectivity index (χ0v) is 14.8. The van der Waals surface area contributed by atoms with E-state index in [0.717, 1.165) is 0 Å². The Bertz CT molecular complexity index is 892. The van der Waals surface area contributed by atoms with Gasteiger partial charge in [-0.3, -0.25) is 4.79 Å². The van der Waals surface area contributed by atoms with E-state index in [0.29, 0.717) is 12.0 Å². The molecule has 0 saturated heterocycles. The van der Waals surface area contributed by atoms with E-state index in [-0.39, 0.29) is 42.4 Å². The highest BCUT2D eigenvalue weighted by Gasteiger charge is 2.37. The molecule has 1 aliphatic heterocycles. The number of carbonyl (C=O) groups excluding carboxylic acids is 5. The number of benzene rings is 1. The average Bonchev–Trinajstić information content (AvgIpc) is 3.16. The summed E-state index contributed by atoms with van der Waals surface area (Å²) in [6.45, 7) is 0.0746. The zero-order valence-electron chi connectivity index (χ0n) is 14.8. The van der Waals surface area contributed by atoms with Crippen LogP contribution in [0, 0.1) is 0 Å². The number of hydrogen-bond donors (Lipinski definition) is 2. The molecule has 2 heterocycles. The van der Waals surface area contributed by atoms with Gasteiger partial charge in [0.25, 0.3) is 0 Å². The van der Waals surface area contributed by atoms with E-state index in [1.165, 1.54) is 16.9 Å². The number of aromatic carboxylic acids is 1. The van der Waals surface area contributed by atoms with Crippen LogP contribution in [-0.2, 0) is 36.9 Å². The largest absolute Gasteiger partial charge is 0.535 e. The molecule has 0 fully saturated rings. The molecule has 0 unspecified atom stereocenters. The number of para-hydroxylation sites is 1. The summed E-state index contributed by atoms with van der Waals surface area (Å²) < 4.78 is 6.77. The van der Waals surface area contributed by atoms with Crippen LogP contribution in [0.4, 0.5) is 0 Å². The summed E-state index contributed by atoms with van der Waals surface area (Å²) in [4.78, 5) is 55.7. The maximum Gasteiger partial charge on any atom is 0.526 e. The number of carbonyl (C=O) groups is 2. The SMILES string of the molecule is O=C(C[C@H]1Cc2cccc(C(=O)O)c2OB1O)Cn1ccnn1.O=C=O.O=C=O. The van der Waals surface area contributed by atoms with Gasteiger partial charge >= 0.3 is 25.4 Å². The van der Waals surface area contributed by atoms with Crippen LogP contribution < -0.4 is 4.65 Å². The van der Waals surface area contributed by atoms with Crippen molar-refractivity contribution in [1.82, 2.24) is 15.0 Å². The summed E-state index contributed by atoms with van der Waals surface area (Å²) in [7, 11) is -1.22. The highest BCUT2D eigenvalue weighted by atomic mass is 16.5. The Morgan fingerprint density at radius 3 is 2.45 bits per heavy atom. The Kier molecular flexibility index (Phi) is 9.35. The number of nitrogens with zero attached hydrogens (tertiary/aromatic N) is 3. The molecule has 150 valence electrons. The van der Waals surface area contributed by atoms with Gasteiger partial charge in [-0.2, -0.15) is 19.2 Å². The summed E-state index contributed by atoms with van der Waals surface area (Å²) in [6.07, 6.45) is 4.05. The number of fused-ring (bicyclic) bond motifs is 1. The first-order valence-corrected chi connectivity index (χ1v) is 7.92. The normalized spacial score (nSPS) is 13.7. The van der Waals surface area contributed by atoms with Crippen molar-refractivity contribution in [2.45, 2.75) is 25.2 Å². The number of rotatable bonds is 5. The van der Waals surface area contributed by atoms with Gasteiger partial charge < -0.3 is 14.8 Å². The zero-order chi connectivity index (χ0) is 21.8. The Labute approximate surface area is 163 Å².